The van der Waals surface area contributed by atoms with E-state index in [2.05, 4.69) is 10.1 Å². The minimum absolute atomic E-state index is 0.0916. The maximum absolute atomic E-state index is 9.04. The molecule has 1 aromatic heterocycles. The molecule has 1 aromatic carbocycles. The standard InChI is InChI=1S/C10H12N4O/c11-9(5-15)8-3-1-2-4-10(8)14-7-12-6-13-14/h1-4,6-7,9,15H,5,11H2/t9-/m1/s1. The van der Waals surface area contributed by atoms with Gasteiger partial charge in [0.15, 0.2) is 0 Å². The van der Waals surface area contributed by atoms with Crippen molar-refractivity contribution in [3.63, 3.8) is 0 Å². The first kappa shape index (κ1) is 9.82. The average Bonchev–Trinajstić information content (AvgIpc) is 2.81. The molecule has 2 aromatic rings. The van der Waals surface area contributed by atoms with Gasteiger partial charge >= 0.3 is 0 Å². The van der Waals surface area contributed by atoms with Crippen molar-refractivity contribution in [2.75, 3.05) is 6.61 Å². The number of aromatic nitrogens is 3. The number of rotatable bonds is 3. The maximum Gasteiger partial charge on any atom is 0.138 e. The fourth-order valence-corrected chi connectivity index (χ4v) is 1.44. The predicted molar refractivity (Wildman–Crippen MR) is 55.4 cm³/mol. The summed E-state index contributed by atoms with van der Waals surface area (Å²) in [5, 5.41) is 13.1. The van der Waals surface area contributed by atoms with Crippen LogP contribution in [0.4, 0.5) is 0 Å². The lowest BCUT2D eigenvalue weighted by Gasteiger charge is -2.13. The normalized spacial score (nSPS) is 12.7. The van der Waals surface area contributed by atoms with Gasteiger partial charge in [-0.25, -0.2) is 9.67 Å². The lowest BCUT2D eigenvalue weighted by atomic mass is 10.1. The number of nitrogens with zero attached hydrogens (tertiary/aromatic N) is 3. The molecular formula is C10H12N4O. The second kappa shape index (κ2) is 4.20. The number of hydrogen-bond acceptors (Lipinski definition) is 4. The fraction of sp³-hybridized carbons (Fsp3) is 0.200. The molecule has 0 spiro atoms. The van der Waals surface area contributed by atoms with Gasteiger partial charge in [0.1, 0.15) is 12.7 Å². The number of aliphatic hydroxyl groups excluding tert-OH is 1. The SMILES string of the molecule is N[C@H](CO)c1ccccc1-n1cncn1. The highest BCUT2D eigenvalue weighted by atomic mass is 16.3. The van der Waals surface area contributed by atoms with Crippen LogP contribution in [0.2, 0.25) is 0 Å². The molecule has 1 heterocycles. The van der Waals surface area contributed by atoms with E-state index in [9.17, 15) is 0 Å². The molecule has 0 unspecified atom stereocenters. The van der Waals surface area contributed by atoms with Crippen LogP contribution in [0.3, 0.4) is 0 Å². The molecule has 0 bridgehead atoms. The molecule has 0 fully saturated rings. The molecule has 2 rings (SSSR count). The first-order valence-corrected chi connectivity index (χ1v) is 4.63. The van der Waals surface area contributed by atoms with Crippen LogP contribution in [-0.2, 0) is 0 Å². The van der Waals surface area contributed by atoms with Crippen molar-refractivity contribution < 1.29 is 5.11 Å². The van der Waals surface area contributed by atoms with Crippen LogP contribution < -0.4 is 5.73 Å². The average molecular weight is 204 g/mol. The number of nitrogens with two attached hydrogens (primary N) is 1. The van der Waals surface area contributed by atoms with Gasteiger partial charge in [-0.1, -0.05) is 18.2 Å². The minimum atomic E-state index is -0.398. The van der Waals surface area contributed by atoms with Crippen LogP contribution in [0.15, 0.2) is 36.9 Å². The summed E-state index contributed by atoms with van der Waals surface area (Å²) in [5.41, 5.74) is 7.49. The number of aliphatic hydroxyl groups is 1. The topological polar surface area (TPSA) is 77.0 Å². The zero-order valence-electron chi connectivity index (χ0n) is 8.11. The van der Waals surface area contributed by atoms with E-state index < -0.39 is 6.04 Å². The molecule has 0 radical (unpaired) electrons. The molecule has 3 N–H and O–H groups in total. The first-order valence-electron chi connectivity index (χ1n) is 4.63. The van der Waals surface area contributed by atoms with E-state index in [1.165, 1.54) is 6.33 Å². The van der Waals surface area contributed by atoms with Crippen LogP contribution in [0.25, 0.3) is 5.69 Å². The van der Waals surface area contributed by atoms with Crippen molar-refractivity contribution in [1.82, 2.24) is 14.8 Å². The Balaban J connectivity index is 2.47. The van der Waals surface area contributed by atoms with Gasteiger partial charge in [0.25, 0.3) is 0 Å². The Bertz CT molecular complexity index is 427. The molecule has 0 saturated heterocycles. The quantitative estimate of drug-likeness (QED) is 0.751. The fourth-order valence-electron chi connectivity index (χ4n) is 1.44. The Hall–Kier alpha value is -1.72. The van der Waals surface area contributed by atoms with Gasteiger partial charge in [-0.3, -0.25) is 0 Å². The van der Waals surface area contributed by atoms with Crippen molar-refractivity contribution in [3.05, 3.63) is 42.5 Å². The molecule has 0 aliphatic rings. The van der Waals surface area contributed by atoms with E-state index in [0.29, 0.717) is 0 Å². The molecule has 1 atom stereocenters. The molecule has 0 aliphatic heterocycles. The van der Waals surface area contributed by atoms with Crippen LogP contribution in [0.5, 0.6) is 0 Å². The second-order valence-electron chi connectivity index (χ2n) is 3.19. The Morgan fingerprint density at radius 3 is 2.87 bits per heavy atom. The van der Waals surface area contributed by atoms with Gasteiger partial charge in [0, 0.05) is 0 Å². The van der Waals surface area contributed by atoms with Crippen molar-refractivity contribution in [2.24, 2.45) is 5.73 Å². The van der Waals surface area contributed by atoms with E-state index >= 15 is 0 Å². The summed E-state index contributed by atoms with van der Waals surface area (Å²) in [6.45, 7) is -0.0916. The lowest BCUT2D eigenvalue weighted by Crippen LogP contribution is -2.17. The van der Waals surface area contributed by atoms with Crippen LogP contribution >= 0.6 is 0 Å². The van der Waals surface area contributed by atoms with Crippen molar-refractivity contribution >= 4 is 0 Å². The zero-order chi connectivity index (χ0) is 10.7. The Morgan fingerprint density at radius 1 is 1.40 bits per heavy atom. The molecular weight excluding hydrogens is 192 g/mol. The van der Waals surface area contributed by atoms with Gasteiger partial charge in [-0.2, -0.15) is 5.10 Å². The predicted octanol–water partition coefficient (Wildman–Crippen LogP) is 0.259. The maximum atomic E-state index is 9.04. The minimum Gasteiger partial charge on any atom is -0.394 e. The number of para-hydroxylation sites is 1. The summed E-state index contributed by atoms with van der Waals surface area (Å²) < 4.78 is 1.63. The summed E-state index contributed by atoms with van der Waals surface area (Å²) in [7, 11) is 0. The van der Waals surface area contributed by atoms with E-state index in [1.807, 2.05) is 24.3 Å². The summed E-state index contributed by atoms with van der Waals surface area (Å²) in [6, 6.07) is 7.14. The molecule has 0 amide bonds. The van der Waals surface area contributed by atoms with E-state index in [-0.39, 0.29) is 6.61 Å². The zero-order valence-corrected chi connectivity index (χ0v) is 8.11. The highest BCUT2D eigenvalue weighted by molar-refractivity contribution is 5.41. The highest BCUT2D eigenvalue weighted by Gasteiger charge is 2.10. The van der Waals surface area contributed by atoms with Crippen molar-refractivity contribution in [3.8, 4) is 5.69 Å². The number of benzene rings is 1. The van der Waals surface area contributed by atoms with Gasteiger partial charge in [0.2, 0.25) is 0 Å². The molecule has 5 nitrogen and oxygen atoms in total. The van der Waals surface area contributed by atoms with Crippen LogP contribution in [0, 0.1) is 0 Å². The van der Waals surface area contributed by atoms with E-state index in [4.69, 9.17) is 10.8 Å². The van der Waals surface area contributed by atoms with Gasteiger partial charge in [0.05, 0.1) is 18.3 Å². The van der Waals surface area contributed by atoms with Crippen molar-refractivity contribution in [2.45, 2.75) is 6.04 Å². The Morgan fingerprint density at radius 2 is 2.20 bits per heavy atom. The lowest BCUT2D eigenvalue weighted by molar-refractivity contribution is 0.268. The van der Waals surface area contributed by atoms with Gasteiger partial charge in [-0.15, -0.1) is 0 Å². The monoisotopic (exact) mass is 204 g/mol. The summed E-state index contributed by atoms with van der Waals surface area (Å²) in [6.07, 6.45) is 3.06. The molecule has 5 heteroatoms. The van der Waals surface area contributed by atoms with Crippen molar-refractivity contribution in [1.29, 1.82) is 0 Å². The van der Waals surface area contributed by atoms with Gasteiger partial charge in [-0.05, 0) is 11.6 Å². The van der Waals surface area contributed by atoms with Crippen LogP contribution in [-0.4, -0.2) is 26.5 Å². The summed E-state index contributed by atoms with van der Waals surface area (Å²) in [5.74, 6) is 0. The number of hydrogen-bond donors (Lipinski definition) is 2. The van der Waals surface area contributed by atoms with Crippen LogP contribution in [0.1, 0.15) is 11.6 Å². The molecule has 0 saturated carbocycles. The third kappa shape index (κ3) is 1.88. The Kier molecular flexibility index (Phi) is 2.75. The third-order valence-corrected chi connectivity index (χ3v) is 2.20. The smallest absolute Gasteiger partial charge is 0.138 e. The molecule has 15 heavy (non-hydrogen) atoms. The van der Waals surface area contributed by atoms with E-state index in [0.717, 1.165) is 11.3 Å². The molecule has 78 valence electrons. The van der Waals surface area contributed by atoms with Gasteiger partial charge < -0.3 is 10.8 Å². The highest BCUT2D eigenvalue weighted by Crippen LogP contribution is 2.18. The largest absolute Gasteiger partial charge is 0.394 e. The van der Waals surface area contributed by atoms with E-state index in [1.54, 1.807) is 11.0 Å². The third-order valence-electron chi connectivity index (χ3n) is 2.20. The summed E-state index contributed by atoms with van der Waals surface area (Å²) in [4.78, 5) is 3.87. The first-order chi connectivity index (χ1) is 7.33. The summed E-state index contributed by atoms with van der Waals surface area (Å²) >= 11 is 0. The second-order valence-corrected chi connectivity index (χ2v) is 3.19. The Labute approximate surface area is 87.2 Å². The molecule has 0 aliphatic carbocycles.